The highest BCUT2D eigenvalue weighted by Crippen LogP contribution is 2.15. The van der Waals surface area contributed by atoms with Crippen molar-refractivity contribution in [3.63, 3.8) is 0 Å². The summed E-state index contributed by atoms with van der Waals surface area (Å²) in [7, 11) is 0. The van der Waals surface area contributed by atoms with Crippen LogP contribution in [0.3, 0.4) is 0 Å². The van der Waals surface area contributed by atoms with Crippen molar-refractivity contribution in [2.75, 3.05) is 0 Å². The molecule has 0 saturated carbocycles. The minimum atomic E-state index is 0.0348. The van der Waals surface area contributed by atoms with Crippen LogP contribution in [0.4, 0.5) is 0 Å². The first-order valence-electron chi connectivity index (χ1n) is 4.40. The monoisotopic (exact) mass is 204 g/mol. The van der Waals surface area contributed by atoms with E-state index in [9.17, 15) is 0 Å². The summed E-state index contributed by atoms with van der Waals surface area (Å²) in [5.74, 6) is 5.46. The van der Waals surface area contributed by atoms with E-state index in [4.69, 9.17) is 17.0 Å². The van der Waals surface area contributed by atoms with Gasteiger partial charge in [-0.3, -0.25) is 10.8 Å². The van der Waals surface area contributed by atoms with Crippen molar-refractivity contribution in [1.82, 2.24) is 16.1 Å². The molecule has 15 heavy (non-hydrogen) atoms. The maximum Gasteiger partial charge on any atom is 0.178 e. The first-order chi connectivity index (χ1) is 7.20. The average Bonchev–Trinajstić information content (AvgIpc) is 2.27. The maximum absolute atomic E-state index is 7.60. The van der Waals surface area contributed by atoms with E-state index in [1.165, 1.54) is 0 Å². The lowest BCUT2D eigenvalue weighted by Crippen LogP contribution is -2.58. The van der Waals surface area contributed by atoms with Crippen molar-refractivity contribution in [2.24, 2.45) is 11.6 Å². The van der Waals surface area contributed by atoms with Crippen LogP contribution in [0.2, 0.25) is 0 Å². The van der Waals surface area contributed by atoms with Crippen molar-refractivity contribution in [1.29, 1.82) is 5.41 Å². The second-order valence-electron chi connectivity index (χ2n) is 3.11. The van der Waals surface area contributed by atoms with Crippen molar-refractivity contribution in [3.8, 4) is 0 Å². The van der Waals surface area contributed by atoms with Crippen LogP contribution in [0, 0.1) is 5.41 Å². The minimum absolute atomic E-state index is 0.0348. The Hall–Kier alpha value is -2.05. The number of amidine groups is 1. The van der Waals surface area contributed by atoms with Crippen LogP contribution in [0.25, 0.3) is 5.70 Å². The van der Waals surface area contributed by atoms with E-state index in [2.05, 4.69) is 11.0 Å². The van der Waals surface area contributed by atoms with E-state index < -0.39 is 0 Å². The van der Waals surface area contributed by atoms with Gasteiger partial charge in [0.2, 0.25) is 0 Å². The Bertz CT molecular complexity index is 410. The van der Waals surface area contributed by atoms with Crippen molar-refractivity contribution < 1.29 is 0 Å². The fourth-order valence-electron chi connectivity index (χ4n) is 1.32. The summed E-state index contributed by atoms with van der Waals surface area (Å²) in [6, 6.07) is 9.51. The maximum atomic E-state index is 7.60. The molecule has 6 heteroatoms. The number of rotatable bonds is 1. The lowest BCUT2D eigenvalue weighted by molar-refractivity contribution is 0.280. The third-order valence-corrected chi connectivity index (χ3v) is 2.13. The molecule has 0 spiro atoms. The fraction of sp³-hybridized carbons (Fsp3) is 0. The summed E-state index contributed by atoms with van der Waals surface area (Å²) in [4.78, 5) is 0. The molecule has 0 aliphatic carbocycles. The van der Waals surface area contributed by atoms with Gasteiger partial charge in [0.25, 0.3) is 0 Å². The Morgan fingerprint density at radius 1 is 1.20 bits per heavy atom. The summed E-state index contributed by atoms with van der Waals surface area (Å²) < 4.78 is 0. The van der Waals surface area contributed by atoms with Crippen LogP contribution in [0.1, 0.15) is 5.56 Å². The molecule has 0 radical (unpaired) electrons. The number of nitrogens with one attached hydrogen (secondary N) is 3. The zero-order valence-corrected chi connectivity index (χ0v) is 7.99. The first kappa shape index (κ1) is 9.50. The molecule has 1 heterocycles. The average molecular weight is 204 g/mol. The van der Waals surface area contributed by atoms with E-state index in [1.54, 1.807) is 0 Å². The second kappa shape index (κ2) is 3.60. The van der Waals surface area contributed by atoms with Crippen LogP contribution >= 0.6 is 0 Å². The molecule has 0 unspecified atom stereocenters. The summed E-state index contributed by atoms with van der Waals surface area (Å²) in [5.41, 5.74) is 13.1. The largest absolute Gasteiger partial charge is 0.394 e. The number of hydrogen-bond donors (Lipinski definition) is 5. The molecule has 7 N–H and O–H groups in total. The summed E-state index contributed by atoms with van der Waals surface area (Å²) in [6.07, 6.45) is 0. The number of hydrazine groups is 3. The molecule has 1 aromatic rings. The van der Waals surface area contributed by atoms with Gasteiger partial charge in [0, 0.05) is 5.56 Å². The standard InChI is InChI=1S/C9H12N6/c10-7-8(6-4-2-1-3-5-6)13-14-15(12)9(7)11/h1-5,11,13-14H,10,12H2. The van der Waals surface area contributed by atoms with Crippen LogP contribution in [0.15, 0.2) is 36.0 Å². The number of benzene rings is 1. The van der Waals surface area contributed by atoms with Gasteiger partial charge in [0.05, 0.1) is 5.70 Å². The Kier molecular flexibility index (Phi) is 2.28. The quantitative estimate of drug-likeness (QED) is 0.396. The van der Waals surface area contributed by atoms with Crippen LogP contribution in [0.5, 0.6) is 0 Å². The van der Waals surface area contributed by atoms with Gasteiger partial charge in [0.15, 0.2) is 5.84 Å². The van der Waals surface area contributed by atoms with Gasteiger partial charge < -0.3 is 5.73 Å². The van der Waals surface area contributed by atoms with Gasteiger partial charge in [-0.25, -0.2) is 11.0 Å². The summed E-state index contributed by atoms with van der Waals surface area (Å²) in [6.45, 7) is 0. The van der Waals surface area contributed by atoms with Crippen molar-refractivity contribution in [2.45, 2.75) is 0 Å². The number of nitrogens with zero attached hydrogens (tertiary/aromatic N) is 1. The molecule has 1 aromatic carbocycles. The highest BCUT2D eigenvalue weighted by Gasteiger charge is 2.19. The van der Waals surface area contributed by atoms with Crippen LogP contribution in [-0.4, -0.2) is 11.0 Å². The molecule has 0 amide bonds. The normalized spacial score (nSPS) is 16.6. The van der Waals surface area contributed by atoms with Gasteiger partial charge in [-0.05, 0) is 0 Å². The Balaban J connectivity index is 2.42. The lowest BCUT2D eigenvalue weighted by atomic mass is 10.1. The number of hydrogen-bond acceptors (Lipinski definition) is 5. The zero-order chi connectivity index (χ0) is 10.8. The Morgan fingerprint density at radius 3 is 2.53 bits per heavy atom. The lowest BCUT2D eigenvalue weighted by Gasteiger charge is -2.29. The van der Waals surface area contributed by atoms with E-state index in [1.807, 2.05) is 30.3 Å². The van der Waals surface area contributed by atoms with Crippen LogP contribution in [-0.2, 0) is 0 Å². The van der Waals surface area contributed by atoms with Gasteiger partial charge >= 0.3 is 0 Å². The molecule has 78 valence electrons. The third-order valence-electron chi connectivity index (χ3n) is 2.13. The van der Waals surface area contributed by atoms with Gasteiger partial charge in [-0.15, -0.1) is 5.53 Å². The SMILES string of the molecule is N=C1C(N)=C(c2ccccc2)NNN1N. The van der Waals surface area contributed by atoms with Gasteiger partial charge in [-0.1, -0.05) is 30.3 Å². The summed E-state index contributed by atoms with van der Waals surface area (Å²) >= 11 is 0. The van der Waals surface area contributed by atoms with E-state index in [0.717, 1.165) is 10.7 Å². The van der Waals surface area contributed by atoms with Gasteiger partial charge in [-0.2, -0.15) is 0 Å². The van der Waals surface area contributed by atoms with E-state index in [-0.39, 0.29) is 5.84 Å². The van der Waals surface area contributed by atoms with Gasteiger partial charge in [0.1, 0.15) is 5.70 Å². The van der Waals surface area contributed by atoms with Crippen LogP contribution < -0.4 is 22.5 Å². The smallest absolute Gasteiger partial charge is 0.178 e. The predicted octanol–water partition coefficient (Wildman–Crippen LogP) is -0.510. The highest BCUT2D eigenvalue weighted by atomic mass is 15.8. The molecule has 6 nitrogen and oxygen atoms in total. The van der Waals surface area contributed by atoms with Crippen molar-refractivity contribution in [3.05, 3.63) is 41.6 Å². The highest BCUT2D eigenvalue weighted by molar-refractivity contribution is 6.02. The molecule has 0 fully saturated rings. The molecular formula is C9H12N6. The first-order valence-corrected chi connectivity index (χ1v) is 4.40. The molecule has 1 aliphatic rings. The molecule has 0 saturated heterocycles. The number of nitrogens with two attached hydrogens (primary N) is 2. The fourth-order valence-corrected chi connectivity index (χ4v) is 1.32. The molecular weight excluding hydrogens is 192 g/mol. The second-order valence-corrected chi connectivity index (χ2v) is 3.11. The van der Waals surface area contributed by atoms with E-state index >= 15 is 0 Å². The topological polar surface area (TPSA) is 103 Å². The third kappa shape index (κ3) is 1.63. The molecule has 0 aromatic heterocycles. The molecule has 0 atom stereocenters. The zero-order valence-electron chi connectivity index (χ0n) is 7.99. The predicted molar refractivity (Wildman–Crippen MR) is 57.6 cm³/mol. The van der Waals surface area contributed by atoms with E-state index in [0.29, 0.717) is 11.4 Å². The Morgan fingerprint density at radius 2 is 1.87 bits per heavy atom. The molecule has 2 rings (SSSR count). The Labute approximate surface area is 87.0 Å². The molecule has 0 bridgehead atoms. The molecule has 1 aliphatic heterocycles. The summed E-state index contributed by atoms with van der Waals surface area (Å²) in [5, 5.41) is 8.61. The minimum Gasteiger partial charge on any atom is -0.394 e. The van der Waals surface area contributed by atoms with Crippen molar-refractivity contribution >= 4 is 11.5 Å².